The van der Waals surface area contributed by atoms with E-state index in [9.17, 15) is 0 Å². The summed E-state index contributed by atoms with van der Waals surface area (Å²) in [5.74, 6) is 1.70. The van der Waals surface area contributed by atoms with Gasteiger partial charge in [0, 0.05) is 38.8 Å². The molecule has 8 heteroatoms. The molecule has 2 aromatic rings. The van der Waals surface area contributed by atoms with Crippen molar-refractivity contribution in [3.8, 4) is 11.5 Å². The van der Waals surface area contributed by atoms with Crippen molar-refractivity contribution in [3.05, 3.63) is 23.8 Å². The van der Waals surface area contributed by atoms with Crippen molar-refractivity contribution in [3.63, 3.8) is 0 Å². The standard InChI is InChI=1S/C17H23N5O2S/c1-3-18-16-19-20-17(25-16)22-8-6-21(7-9-22)12(2)13-4-5-14-15(10-13)24-11-23-14/h4-5,10,12H,3,6-9,11H2,1-2H3,(H,18,19). The first-order valence-corrected chi connectivity index (χ1v) is 9.52. The van der Waals surface area contributed by atoms with Gasteiger partial charge < -0.3 is 19.7 Å². The zero-order valence-electron chi connectivity index (χ0n) is 14.6. The molecule has 1 saturated heterocycles. The topological polar surface area (TPSA) is 62.8 Å². The van der Waals surface area contributed by atoms with Gasteiger partial charge in [-0.25, -0.2) is 0 Å². The summed E-state index contributed by atoms with van der Waals surface area (Å²) < 4.78 is 10.9. The van der Waals surface area contributed by atoms with E-state index in [0.29, 0.717) is 12.8 Å². The van der Waals surface area contributed by atoms with Crippen LogP contribution in [-0.2, 0) is 0 Å². The minimum absolute atomic E-state index is 0.322. The zero-order chi connectivity index (χ0) is 17.2. The third kappa shape index (κ3) is 3.36. The van der Waals surface area contributed by atoms with Crippen LogP contribution in [-0.4, -0.2) is 54.6 Å². The highest BCUT2D eigenvalue weighted by atomic mass is 32.1. The maximum atomic E-state index is 5.50. The first kappa shape index (κ1) is 16.4. The van der Waals surface area contributed by atoms with Crippen LogP contribution in [0.25, 0.3) is 0 Å². The van der Waals surface area contributed by atoms with E-state index in [4.69, 9.17) is 9.47 Å². The molecule has 134 valence electrons. The Kier molecular flexibility index (Phi) is 4.63. The van der Waals surface area contributed by atoms with Crippen molar-refractivity contribution in [2.45, 2.75) is 19.9 Å². The number of nitrogens with one attached hydrogen (secondary N) is 1. The lowest BCUT2D eigenvalue weighted by Gasteiger charge is -2.38. The summed E-state index contributed by atoms with van der Waals surface area (Å²) >= 11 is 1.63. The molecule has 0 radical (unpaired) electrons. The van der Waals surface area contributed by atoms with Gasteiger partial charge in [-0.15, -0.1) is 10.2 Å². The largest absolute Gasteiger partial charge is 0.454 e. The van der Waals surface area contributed by atoms with Gasteiger partial charge in [-0.05, 0) is 31.5 Å². The Morgan fingerprint density at radius 2 is 1.96 bits per heavy atom. The third-order valence-electron chi connectivity index (χ3n) is 4.75. The second-order valence-electron chi connectivity index (χ2n) is 6.23. The fraction of sp³-hybridized carbons (Fsp3) is 0.529. The van der Waals surface area contributed by atoms with Crippen LogP contribution in [0.4, 0.5) is 10.3 Å². The number of hydrogen-bond donors (Lipinski definition) is 1. The molecule has 1 fully saturated rings. The van der Waals surface area contributed by atoms with Gasteiger partial charge in [0.25, 0.3) is 0 Å². The maximum Gasteiger partial charge on any atom is 0.231 e. The van der Waals surface area contributed by atoms with E-state index in [0.717, 1.165) is 54.5 Å². The zero-order valence-corrected chi connectivity index (χ0v) is 15.4. The Morgan fingerprint density at radius 3 is 2.76 bits per heavy atom. The number of anilines is 2. The highest BCUT2D eigenvalue weighted by Gasteiger charge is 2.25. The number of ether oxygens (including phenoxy) is 2. The normalized spacial score (nSPS) is 18.4. The van der Waals surface area contributed by atoms with Crippen LogP contribution in [0.3, 0.4) is 0 Å². The summed E-state index contributed by atoms with van der Waals surface area (Å²) in [6, 6.07) is 6.60. The highest BCUT2D eigenvalue weighted by Crippen LogP contribution is 2.35. The molecular formula is C17H23N5O2S. The summed E-state index contributed by atoms with van der Waals surface area (Å²) in [5.41, 5.74) is 1.27. The van der Waals surface area contributed by atoms with Crippen molar-refractivity contribution in [2.75, 3.05) is 49.7 Å². The lowest BCUT2D eigenvalue weighted by Crippen LogP contribution is -2.47. The van der Waals surface area contributed by atoms with Gasteiger partial charge >= 0.3 is 0 Å². The van der Waals surface area contributed by atoms with Crippen molar-refractivity contribution < 1.29 is 9.47 Å². The number of hydrogen-bond acceptors (Lipinski definition) is 8. The molecule has 1 N–H and O–H groups in total. The minimum atomic E-state index is 0.322. The Hall–Kier alpha value is -2.06. The van der Waals surface area contributed by atoms with Gasteiger partial charge in [-0.2, -0.15) is 0 Å². The van der Waals surface area contributed by atoms with E-state index in [-0.39, 0.29) is 0 Å². The van der Waals surface area contributed by atoms with Gasteiger partial charge in [0.15, 0.2) is 11.5 Å². The van der Waals surface area contributed by atoms with Crippen molar-refractivity contribution in [1.82, 2.24) is 15.1 Å². The number of nitrogens with zero attached hydrogens (tertiary/aromatic N) is 4. The van der Waals surface area contributed by atoms with Crippen molar-refractivity contribution >= 4 is 21.6 Å². The fourth-order valence-corrected chi connectivity index (χ4v) is 4.11. The summed E-state index contributed by atoms with van der Waals surface area (Å²) in [6.45, 7) is 9.46. The van der Waals surface area contributed by atoms with E-state index in [2.05, 4.69) is 51.3 Å². The molecule has 0 saturated carbocycles. The Bertz CT molecular complexity index is 730. The van der Waals surface area contributed by atoms with E-state index in [1.54, 1.807) is 11.3 Å². The molecule has 2 aliphatic rings. The SMILES string of the molecule is CCNc1nnc(N2CCN(C(C)c3ccc4c(c3)OCO4)CC2)s1. The van der Waals surface area contributed by atoms with Gasteiger partial charge in [-0.3, -0.25) is 4.90 Å². The monoisotopic (exact) mass is 361 g/mol. The second kappa shape index (κ2) is 7.05. The van der Waals surface area contributed by atoms with E-state index in [1.807, 2.05) is 6.07 Å². The summed E-state index contributed by atoms with van der Waals surface area (Å²) in [7, 11) is 0. The molecule has 0 amide bonds. The molecule has 0 bridgehead atoms. The van der Waals surface area contributed by atoms with Crippen molar-refractivity contribution in [2.24, 2.45) is 0 Å². The molecule has 0 aliphatic carbocycles. The predicted octanol–water partition coefficient (Wildman–Crippen LogP) is 2.58. The Morgan fingerprint density at radius 1 is 1.16 bits per heavy atom. The van der Waals surface area contributed by atoms with Gasteiger partial charge in [0.2, 0.25) is 17.1 Å². The lowest BCUT2D eigenvalue weighted by atomic mass is 10.1. The first-order chi connectivity index (χ1) is 12.2. The number of piperazine rings is 1. The predicted molar refractivity (Wildman–Crippen MR) is 98.8 cm³/mol. The van der Waals surface area contributed by atoms with Crippen LogP contribution in [0.2, 0.25) is 0 Å². The van der Waals surface area contributed by atoms with E-state index >= 15 is 0 Å². The van der Waals surface area contributed by atoms with Gasteiger partial charge in [0.05, 0.1) is 0 Å². The fourth-order valence-electron chi connectivity index (χ4n) is 3.25. The summed E-state index contributed by atoms with van der Waals surface area (Å²) in [6.07, 6.45) is 0. The second-order valence-corrected chi connectivity index (χ2v) is 7.19. The average Bonchev–Trinajstić information content (AvgIpc) is 3.30. The maximum absolute atomic E-state index is 5.50. The van der Waals surface area contributed by atoms with E-state index < -0.39 is 0 Å². The molecular weight excluding hydrogens is 338 g/mol. The third-order valence-corrected chi connectivity index (χ3v) is 5.70. The van der Waals surface area contributed by atoms with Gasteiger partial charge in [0.1, 0.15) is 0 Å². The molecule has 1 unspecified atom stereocenters. The molecule has 1 atom stereocenters. The van der Waals surface area contributed by atoms with E-state index in [1.165, 1.54) is 5.56 Å². The van der Waals surface area contributed by atoms with Crippen LogP contribution in [0, 0.1) is 0 Å². The first-order valence-electron chi connectivity index (χ1n) is 8.70. The lowest BCUT2D eigenvalue weighted by molar-refractivity contribution is 0.173. The van der Waals surface area contributed by atoms with Crippen LogP contribution in [0.15, 0.2) is 18.2 Å². The van der Waals surface area contributed by atoms with Crippen LogP contribution >= 0.6 is 11.3 Å². The Balaban J connectivity index is 1.37. The molecule has 0 spiro atoms. The van der Waals surface area contributed by atoms with Crippen LogP contribution in [0.1, 0.15) is 25.5 Å². The molecule has 25 heavy (non-hydrogen) atoms. The number of rotatable bonds is 5. The van der Waals surface area contributed by atoms with Gasteiger partial charge in [-0.1, -0.05) is 17.4 Å². The van der Waals surface area contributed by atoms with Crippen LogP contribution in [0.5, 0.6) is 11.5 Å². The molecule has 1 aromatic carbocycles. The molecule has 4 rings (SSSR count). The number of aromatic nitrogens is 2. The smallest absolute Gasteiger partial charge is 0.231 e. The number of fused-ring (bicyclic) bond motifs is 1. The van der Waals surface area contributed by atoms with Crippen LogP contribution < -0.4 is 19.7 Å². The average molecular weight is 361 g/mol. The molecule has 2 aliphatic heterocycles. The highest BCUT2D eigenvalue weighted by molar-refractivity contribution is 7.19. The summed E-state index contributed by atoms with van der Waals surface area (Å²) in [5, 5.41) is 13.6. The molecule has 1 aromatic heterocycles. The molecule has 3 heterocycles. The quantitative estimate of drug-likeness (QED) is 0.878. The molecule has 7 nitrogen and oxygen atoms in total. The van der Waals surface area contributed by atoms with Crippen molar-refractivity contribution in [1.29, 1.82) is 0 Å². The Labute approximate surface area is 151 Å². The number of benzene rings is 1. The summed E-state index contributed by atoms with van der Waals surface area (Å²) in [4.78, 5) is 4.82. The minimum Gasteiger partial charge on any atom is -0.454 e.